The predicted octanol–water partition coefficient (Wildman–Crippen LogP) is 2.70. The summed E-state index contributed by atoms with van der Waals surface area (Å²) in [4.78, 5) is 13.9. The number of nitrogens with two attached hydrogens (primary N) is 1. The van der Waals surface area contributed by atoms with Gasteiger partial charge in [-0.25, -0.2) is 4.98 Å². The fourth-order valence-corrected chi connectivity index (χ4v) is 4.55. The van der Waals surface area contributed by atoms with Crippen molar-refractivity contribution < 1.29 is 29.6 Å². The zero-order valence-electron chi connectivity index (χ0n) is 20.0. The van der Waals surface area contributed by atoms with E-state index in [9.17, 15) is 0 Å². The zero-order chi connectivity index (χ0) is 22.8. The number of nitrogen functional groups attached to an aromatic ring is 1. The Hall–Kier alpha value is -1.92. The van der Waals surface area contributed by atoms with Crippen LogP contribution in [0.25, 0.3) is 27.9 Å². The fourth-order valence-electron chi connectivity index (χ4n) is 4.29. The molecule has 1 fully saturated rings. The minimum atomic E-state index is 0. The number of aromatic nitrogens is 2. The molecule has 0 amide bonds. The first kappa shape index (κ1) is 25.7. The maximum Gasteiger partial charge on any atom is 1.00 e. The summed E-state index contributed by atoms with van der Waals surface area (Å²) in [6, 6.07) is 9.97. The summed E-state index contributed by atoms with van der Waals surface area (Å²) in [6.45, 7) is 16.6. The van der Waals surface area contributed by atoms with Gasteiger partial charge in [-0.15, -0.1) is 0 Å². The number of fused-ring (bicyclic) bond motifs is 1. The molecule has 3 heterocycles. The maximum absolute atomic E-state index is 6.59. The van der Waals surface area contributed by atoms with E-state index in [1.165, 1.54) is 18.5 Å². The van der Waals surface area contributed by atoms with E-state index in [4.69, 9.17) is 22.3 Å². The van der Waals surface area contributed by atoms with E-state index < -0.39 is 0 Å². The molecule has 1 aliphatic heterocycles. The van der Waals surface area contributed by atoms with Crippen LogP contribution in [0.5, 0.6) is 0 Å². The van der Waals surface area contributed by atoms with Crippen LogP contribution in [0.1, 0.15) is 37.4 Å². The molecule has 0 radical (unpaired) electrons. The van der Waals surface area contributed by atoms with Gasteiger partial charge in [-0.1, -0.05) is 67.8 Å². The van der Waals surface area contributed by atoms with Crippen molar-refractivity contribution in [3.63, 3.8) is 0 Å². The molecule has 5 nitrogen and oxygen atoms in total. The van der Waals surface area contributed by atoms with E-state index >= 15 is 0 Å². The summed E-state index contributed by atoms with van der Waals surface area (Å²) in [5.74, 6) is 0.476. The van der Waals surface area contributed by atoms with Crippen LogP contribution >= 0.6 is 11.6 Å². The first-order valence-corrected chi connectivity index (χ1v) is 11.6. The van der Waals surface area contributed by atoms with Crippen LogP contribution < -0.4 is 40.3 Å². The number of rotatable bonds is 7. The molecule has 0 spiro atoms. The number of hydrogen-bond donors (Lipinski definition) is 1. The van der Waals surface area contributed by atoms with Crippen LogP contribution in [0.4, 0.5) is 5.82 Å². The largest absolute Gasteiger partial charge is 1.00 e. The predicted molar refractivity (Wildman–Crippen MR) is 136 cm³/mol. The summed E-state index contributed by atoms with van der Waals surface area (Å²) in [6.07, 6.45) is 3.48. The number of piperazine rings is 1. The second-order valence-electron chi connectivity index (χ2n) is 8.51. The van der Waals surface area contributed by atoms with Gasteiger partial charge in [-0.3, -0.25) is 0 Å². The summed E-state index contributed by atoms with van der Waals surface area (Å²) >= 11 is 6.59. The minimum Gasteiger partial charge on any atom is -0.494 e. The third-order valence-electron chi connectivity index (χ3n) is 6.22. The molecule has 2 aromatic heterocycles. The Kier molecular flexibility index (Phi) is 8.57. The second kappa shape index (κ2) is 11.0. The van der Waals surface area contributed by atoms with Gasteiger partial charge in [0.2, 0.25) is 0 Å². The molecule has 2 N–H and O–H groups in total. The molecule has 168 valence electrons. The molecule has 0 atom stereocenters. The molecule has 3 aromatic rings. The Labute approximate surface area is 224 Å². The molecular formula is C26H31ClN5Na. The van der Waals surface area contributed by atoms with Crippen LogP contribution in [-0.2, 0) is 0 Å². The summed E-state index contributed by atoms with van der Waals surface area (Å²) < 4.78 is 0. The van der Waals surface area contributed by atoms with Crippen LogP contribution in [-0.4, -0.2) is 41.0 Å². The molecular weight excluding hydrogens is 441 g/mol. The van der Waals surface area contributed by atoms with Crippen molar-refractivity contribution >= 4 is 34.0 Å². The van der Waals surface area contributed by atoms with Crippen LogP contribution in [0.3, 0.4) is 0 Å². The van der Waals surface area contributed by atoms with Gasteiger partial charge < -0.3 is 20.5 Å². The molecule has 7 heteroatoms. The molecule has 4 rings (SSSR count). The Morgan fingerprint density at radius 2 is 1.82 bits per heavy atom. The second-order valence-corrected chi connectivity index (χ2v) is 8.92. The quantitative estimate of drug-likeness (QED) is 0.537. The standard InChI is InChI=1S/C26H31ClN5.Na/c1-5-6-7-18(3)31-10-12-32(13-11-31)19(4)20-8-9-21-23(27)16-25(30-24(21)15-20)22-14-17(2)29-26(22)28;/h8-9,14-16H,3-7,10-13,28H2,1-2H3;/q-1;+1. The fraction of sp³-hybridized carbons (Fsp3) is 0.346. The number of allylic oxidation sites excluding steroid dienone is 1. The van der Waals surface area contributed by atoms with E-state index in [0.29, 0.717) is 10.8 Å². The Morgan fingerprint density at radius 1 is 1.12 bits per heavy atom. The molecule has 1 saturated heterocycles. The first-order valence-electron chi connectivity index (χ1n) is 11.2. The molecule has 0 saturated carbocycles. The van der Waals surface area contributed by atoms with Crippen LogP contribution in [0, 0.1) is 6.92 Å². The van der Waals surface area contributed by atoms with E-state index in [1.54, 1.807) is 0 Å². The normalized spacial score (nSPS) is 13.8. The molecule has 33 heavy (non-hydrogen) atoms. The number of pyridine rings is 1. The van der Waals surface area contributed by atoms with Gasteiger partial charge in [-0.2, -0.15) is 0 Å². The molecule has 1 aliphatic rings. The van der Waals surface area contributed by atoms with Gasteiger partial charge in [0.15, 0.2) is 0 Å². The number of benzene rings is 1. The molecule has 0 bridgehead atoms. The van der Waals surface area contributed by atoms with Gasteiger partial charge >= 0.3 is 29.6 Å². The summed E-state index contributed by atoms with van der Waals surface area (Å²) in [7, 11) is 0. The first-order chi connectivity index (χ1) is 15.4. The van der Waals surface area contributed by atoms with Gasteiger partial charge in [0.05, 0.1) is 16.2 Å². The SMILES string of the molecule is C=C(CCCC)N1CCN(C(=C)c2ccc3c(Cl)cc(-c4cc(C)[n-]c4N)nc3c2)CC1.[Na+]. The molecule has 1 aromatic carbocycles. The Balaban J connectivity index is 0.00000306. The Morgan fingerprint density at radius 3 is 2.45 bits per heavy atom. The van der Waals surface area contributed by atoms with Crippen LogP contribution in [0.2, 0.25) is 5.02 Å². The Bertz CT molecular complexity index is 1160. The van der Waals surface area contributed by atoms with Gasteiger partial charge in [0.1, 0.15) is 0 Å². The van der Waals surface area contributed by atoms with Gasteiger partial charge in [0.25, 0.3) is 0 Å². The zero-order valence-corrected chi connectivity index (χ0v) is 22.8. The van der Waals surface area contributed by atoms with E-state index in [-0.39, 0.29) is 29.6 Å². The monoisotopic (exact) mass is 471 g/mol. The number of anilines is 1. The van der Waals surface area contributed by atoms with Crippen molar-refractivity contribution in [2.45, 2.75) is 33.1 Å². The maximum atomic E-state index is 6.59. The number of hydrogen-bond acceptors (Lipinski definition) is 4. The number of aryl methyl sites for hydroxylation is 1. The van der Waals surface area contributed by atoms with Crippen molar-refractivity contribution in [2.24, 2.45) is 0 Å². The average molecular weight is 472 g/mol. The third-order valence-corrected chi connectivity index (χ3v) is 6.53. The minimum absolute atomic E-state index is 0. The van der Waals surface area contributed by atoms with Crippen molar-refractivity contribution in [1.29, 1.82) is 0 Å². The number of nitrogens with zero attached hydrogens (tertiary/aromatic N) is 4. The van der Waals surface area contributed by atoms with E-state index in [2.05, 4.69) is 47.0 Å². The van der Waals surface area contributed by atoms with Crippen molar-refractivity contribution in [3.8, 4) is 11.3 Å². The summed E-state index contributed by atoms with van der Waals surface area (Å²) in [5.41, 5.74) is 12.7. The van der Waals surface area contributed by atoms with Crippen molar-refractivity contribution in [2.75, 3.05) is 31.9 Å². The summed E-state index contributed by atoms with van der Waals surface area (Å²) in [5, 5.41) is 1.57. The number of unbranched alkanes of at least 4 members (excludes halogenated alkanes) is 1. The van der Waals surface area contributed by atoms with Gasteiger partial charge in [0, 0.05) is 43.0 Å². The van der Waals surface area contributed by atoms with E-state index in [0.717, 1.165) is 71.7 Å². The smallest absolute Gasteiger partial charge is 0.494 e. The van der Waals surface area contributed by atoms with Crippen molar-refractivity contribution in [3.05, 3.63) is 65.5 Å². The van der Waals surface area contributed by atoms with Crippen molar-refractivity contribution in [1.82, 2.24) is 19.8 Å². The third kappa shape index (κ3) is 5.60. The van der Waals surface area contributed by atoms with Gasteiger partial charge in [-0.05, 0) is 43.0 Å². The van der Waals surface area contributed by atoms with Crippen LogP contribution in [0.15, 0.2) is 49.2 Å². The molecule has 0 unspecified atom stereocenters. The van der Waals surface area contributed by atoms with E-state index in [1.807, 2.05) is 25.1 Å². The average Bonchev–Trinajstić information content (AvgIpc) is 3.14. The number of halogens is 1. The molecule has 0 aliphatic carbocycles. The topological polar surface area (TPSA) is 59.5 Å².